The molecule has 4 aliphatic carbocycles. The van der Waals surface area contributed by atoms with Crippen LogP contribution in [-0.2, 0) is 49.8 Å². The number of nitrogens with one attached hydrogen (secondary N) is 6. The lowest BCUT2D eigenvalue weighted by molar-refractivity contribution is -0.311. The molecule has 19 unspecified atom stereocenters. The molecule has 12 aliphatic rings. The van der Waals surface area contributed by atoms with Crippen LogP contribution < -0.4 is 57.7 Å². The molecule has 25 nitrogen and oxygen atoms in total. The molecule has 8 aliphatic heterocycles. The second-order valence-electron chi connectivity index (χ2n) is 29.6. The van der Waals surface area contributed by atoms with Gasteiger partial charge < -0.3 is 96.1 Å². The number of amides is 1. The summed E-state index contributed by atoms with van der Waals surface area (Å²) < 4.78 is 36.1. The number of benzene rings is 4. The van der Waals surface area contributed by atoms with E-state index in [1.54, 1.807) is 12.1 Å². The molecule has 1 spiro atoms. The number of hydrogen-bond acceptors (Lipinski definition) is 24. The van der Waals surface area contributed by atoms with Gasteiger partial charge in [0.2, 0.25) is 12.2 Å². The van der Waals surface area contributed by atoms with E-state index in [-0.39, 0.29) is 109 Å². The normalized spacial score (nSPS) is 34.8. The van der Waals surface area contributed by atoms with E-state index in [9.17, 15) is 45.3 Å². The third-order valence-electron chi connectivity index (χ3n) is 24.0. The van der Waals surface area contributed by atoms with Gasteiger partial charge in [0, 0.05) is 77.5 Å². The number of aliphatic hydroxyl groups excluding tert-OH is 6. The van der Waals surface area contributed by atoms with Gasteiger partial charge in [0.1, 0.15) is 55.5 Å². The lowest BCUT2D eigenvalue weighted by atomic mass is 9.57. The molecule has 1 amide bonds. The second kappa shape index (κ2) is 27.0. The summed E-state index contributed by atoms with van der Waals surface area (Å²) in [6, 6.07) is 16.8. The Labute approximate surface area is 584 Å². The molecule has 4 aromatic carbocycles. The van der Waals surface area contributed by atoms with Crippen LogP contribution in [0, 0.1) is 35.0 Å². The highest BCUT2D eigenvalue weighted by Gasteiger charge is 2.62. The van der Waals surface area contributed by atoms with Crippen molar-refractivity contribution in [3.05, 3.63) is 156 Å². The maximum absolute atomic E-state index is 15.8. The summed E-state index contributed by atoms with van der Waals surface area (Å²) in [5.74, 6) is 1.41. The summed E-state index contributed by atoms with van der Waals surface area (Å²) >= 11 is 0. The second-order valence-corrected chi connectivity index (χ2v) is 29.6. The molecule has 19 atom stereocenters. The number of nitrogens with two attached hydrogens (primary N) is 2. The lowest BCUT2D eigenvalue weighted by Gasteiger charge is -2.53. The van der Waals surface area contributed by atoms with Crippen molar-refractivity contribution in [1.82, 2.24) is 31.9 Å². The van der Waals surface area contributed by atoms with E-state index in [2.05, 4.69) is 55.9 Å². The first-order chi connectivity index (χ1) is 49.0. The predicted molar refractivity (Wildman–Crippen MR) is 365 cm³/mol. The number of para-hydroxylation sites is 1. The molecule has 5 fully saturated rings. The van der Waals surface area contributed by atoms with Gasteiger partial charge in [-0.15, -0.1) is 0 Å². The maximum atomic E-state index is 15.8. The average molecular weight is 1380 g/mol. The Balaban J connectivity index is 0.975. The van der Waals surface area contributed by atoms with Crippen LogP contribution in [-0.4, -0.2) is 192 Å². The zero-order valence-electron chi connectivity index (χ0n) is 56.3. The SMILES string of the molecule is CNCc1cc2cc3c1CC1=C4CCC5CCCC5NC4C4=C(N)NCC=C4C1(COC1C4Oc5c(cc6c(c5OCC(O)CC=O)C(=O)c5cc(CO)ccc5C6=O)C(c5ccccc5N5CNC6C(=O)NC(N)NC65)C5CCC(O)C(C#CC(O)(C(COC5)O4)C1O)C2)C(O)C3CCO. The van der Waals surface area contributed by atoms with Crippen LogP contribution in [0.5, 0.6) is 11.5 Å². The zero-order chi connectivity index (χ0) is 69.9. The van der Waals surface area contributed by atoms with Crippen LogP contribution in [0.3, 0.4) is 0 Å². The third-order valence-corrected chi connectivity index (χ3v) is 24.0. The fourth-order valence-corrected chi connectivity index (χ4v) is 19.2. The summed E-state index contributed by atoms with van der Waals surface area (Å²) in [6.45, 7) is -1.58. The first kappa shape index (κ1) is 68.0. The summed E-state index contributed by atoms with van der Waals surface area (Å²) in [5.41, 5.74) is 17.8. The Morgan fingerprint density at radius 2 is 1.78 bits per heavy atom. The molecule has 25 heteroatoms. The lowest BCUT2D eigenvalue weighted by Crippen LogP contribution is -2.70. The molecule has 101 heavy (non-hydrogen) atoms. The van der Waals surface area contributed by atoms with E-state index in [1.165, 1.54) is 12.1 Å². The van der Waals surface area contributed by atoms with Crippen molar-refractivity contribution in [2.45, 2.75) is 175 Å². The molecule has 17 N–H and O–H groups in total. The molecule has 9 bridgehead atoms. The number of aliphatic hydroxyl groups is 7. The average Bonchev–Trinajstić information content (AvgIpc) is 1.64. The van der Waals surface area contributed by atoms with Gasteiger partial charge in [-0.2, -0.15) is 0 Å². The van der Waals surface area contributed by atoms with Crippen molar-refractivity contribution in [1.29, 1.82) is 0 Å². The molecule has 8 heterocycles. The summed E-state index contributed by atoms with van der Waals surface area (Å²) in [4.78, 5) is 59.4. The molecule has 16 rings (SSSR count). The van der Waals surface area contributed by atoms with Crippen LogP contribution in [0.15, 0.2) is 94.9 Å². The first-order valence-electron chi connectivity index (χ1n) is 35.8. The van der Waals surface area contributed by atoms with Crippen molar-refractivity contribution in [3.63, 3.8) is 0 Å². The number of hydrogen-bond donors (Lipinski definition) is 15. The van der Waals surface area contributed by atoms with E-state index in [0.717, 1.165) is 64.7 Å². The summed E-state index contributed by atoms with van der Waals surface area (Å²) in [6.07, 6.45) is -5.63. The van der Waals surface area contributed by atoms with Gasteiger partial charge in [-0.1, -0.05) is 60.7 Å². The number of rotatable bonds is 12. The standard InChI is InChI=1S/C76H89N9O16/c1-79-29-41-24-37-23-39-15-19-76(96)57-33-97-31-40(11-14-56(39)90)58(46-6-2-3-8-55(46)85-35-81-62-71(85)83-74(78)84-72(62)95)51-27-50-59(64(92)49-25-36(30-88)9-12-43(49)63(50)91)66(98-32-42(89)17-21-86)65(51)101-73(100-57)67(69(76)94)99-34-75-52-16-20-80-70(77)60(52)61-45(13-10-38-5-4-7-54(38)82-61)53(75)28-47(41)48(26-37)44(18-22-87)68(75)93/h2-3,6,8-9,12,16,21,24-27,38-40,42,44,54,56-58,61-62,67-69,71,73-74,79-83,87-90,93-94,96H,4-5,7,10-11,13-14,17-18,20,22-23,28-35,77-78H2,1H3,(H,84,95). The Bertz CT molecular complexity index is 4190. The first-order valence-corrected chi connectivity index (χ1v) is 35.8. The monoisotopic (exact) mass is 1380 g/mol. The van der Waals surface area contributed by atoms with Crippen molar-refractivity contribution < 1.29 is 78.6 Å². The minimum absolute atomic E-state index is 0.0266. The Morgan fingerprint density at radius 3 is 2.60 bits per heavy atom. The number of ketones is 2. The molecule has 4 aromatic rings. The highest BCUT2D eigenvalue weighted by molar-refractivity contribution is 6.29. The molecule has 1 saturated carbocycles. The van der Waals surface area contributed by atoms with Gasteiger partial charge in [-0.25, -0.2) is 0 Å². The van der Waals surface area contributed by atoms with Crippen molar-refractivity contribution >= 4 is 29.4 Å². The number of carbonyl (C=O) groups excluding carboxylic acids is 4. The molecule has 0 aromatic heterocycles. The van der Waals surface area contributed by atoms with Crippen LogP contribution in [0.4, 0.5) is 5.69 Å². The predicted octanol–water partition coefficient (Wildman–Crippen LogP) is 0.716. The number of nitrogens with zero attached hydrogens (tertiary/aromatic N) is 1. The van der Waals surface area contributed by atoms with Crippen molar-refractivity contribution in [2.75, 3.05) is 58.2 Å². The number of carbonyl (C=O) groups is 4. The van der Waals surface area contributed by atoms with E-state index < -0.39 is 141 Å². The highest BCUT2D eigenvalue weighted by atomic mass is 16.7. The quantitative estimate of drug-likeness (QED) is 0.0465. The van der Waals surface area contributed by atoms with E-state index in [4.69, 9.17) is 35.2 Å². The van der Waals surface area contributed by atoms with E-state index in [1.807, 2.05) is 42.3 Å². The molecular weight excluding hydrogens is 1290 g/mol. The van der Waals surface area contributed by atoms with Crippen molar-refractivity contribution in [2.24, 2.45) is 34.6 Å². The van der Waals surface area contributed by atoms with Gasteiger partial charge in [0.15, 0.2) is 28.7 Å². The van der Waals surface area contributed by atoms with Gasteiger partial charge in [-0.3, -0.25) is 30.8 Å². The van der Waals surface area contributed by atoms with Crippen LogP contribution in [0.2, 0.25) is 0 Å². The number of ether oxygens (including phenoxy) is 5. The van der Waals surface area contributed by atoms with Gasteiger partial charge in [-0.05, 0) is 151 Å². The number of dihydropyridines is 1. The summed E-state index contributed by atoms with van der Waals surface area (Å²) in [7, 11) is 1.88. The van der Waals surface area contributed by atoms with Crippen LogP contribution in [0.1, 0.15) is 140 Å². The summed E-state index contributed by atoms with van der Waals surface area (Å²) in [5, 5.41) is 109. The van der Waals surface area contributed by atoms with Gasteiger partial charge >= 0.3 is 0 Å². The highest BCUT2D eigenvalue weighted by Crippen LogP contribution is 2.61. The number of anilines is 1. The molecule has 0 radical (unpaired) electrons. The molecule has 4 saturated heterocycles. The largest absolute Gasteiger partial charge is 0.486 e. The fraction of sp³-hybridized carbons (Fsp3) is 0.526. The number of fused-ring (bicyclic) bond motifs is 17. The van der Waals surface area contributed by atoms with Crippen LogP contribution in [0.25, 0.3) is 0 Å². The van der Waals surface area contributed by atoms with Gasteiger partial charge in [0.25, 0.3) is 0 Å². The van der Waals surface area contributed by atoms with Gasteiger partial charge in [0.05, 0.1) is 74.3 Å². The Hall–Kier alpha value is -7.46. The Morgan fingerprint density at radius 1 is 0.931 bits per heavy atom. The minimum atomic E-state index is -2.59. The zero-order valence-corrected chi connectivity index (χ0v) is 56.3. The fourth-order valence-electron chi connectivity index (χ4n) is 19.2. The van der Waals surface area contributed by atoms with E-state index >= 15 is 9.59 Å². The number of aldehydes is 1. The van der Waals surface area contributed by atoms with Crippen LogP contribution >= 0.6 is 0 Å². The Kier molecular flexibility index (Phi) is 18.2. The van der Waals surface area contributed by atoms with Crippen molar-refractivity contribution in [3.8, 4) is 23.3 Å². The van der Waals surface area contributed by atoms with E-state index in [0.29, 0.717) is 59.8 Å². The minimum Gasteiger partial charge on any atom is -0.486 e. The smallest absolute Gasteiger partial charge is 0.242 e. The molecule has 534 valence electrons. The maximum Gasteiger partial charge on any atom is 0.242 e. The topological polar surface area (TPSA) is 384 Å². The molecular formula is C76H89N9O16. The third kappa shape index (κ3) is 11.3.